The second-order valence-corrected chi connectivity index (χ2v) is 5.64. The molecule has 1 aliphatic heterocycles. The van der Waals surface area contributed by atoms with Crippen LogP contribution < -0.4 is 5.32 Å². The van der Waals surface area contributed by atoms with E-state index >= 15 is 0 Å². The van der Waals surface area contributed by atoms with Gasteiger partial charge in [0.1, 0.15) is 24.2 Å². The Kier molecular flexibility index (Phi) is 5.32. The molecule has 7 heteroatoms. The number of hydrogen-bond donors (Lipinski definition) is 1. The highest BCUT2D eigenvalue weighted by Crippen LogP contribution is 2.14. The summed E-state index contributed by atoms with van der Waals surface area (Å²) in [5.41, 5.74) is 1.30. The van der Waals surface area contributed by atoms with Crippen LogP contribution in [0.3, 0.4) is 0 Å². The fourth-order valence-electron chi connectivity index (χ4n) is 2.75. The molecule has 0 spiro atoms. The van der Waals surface area contributed by atoms with Gasteiger partial charge in [-0.25, -0.2) is 14.1 Å². The van der Waals surface area contributed by atoms with E-state index in [1.54, 1.807) is 6.07 Å². The van der Waals surface area contributed by atoms with E-state index in [1.165, 1.54) is 23.4 Å². The predicted molar refractivity (Wildman–Crippen MR) is 84.9 cm³/mol. The number of aromatic nitrogens is 3. The van der Waals surface area contributed by atoms with Crippen LogP contribution in [0.25, 0.3) is 5.69 Å². The summed E-state index contributed by atoms with van der Waals surface area (Å²) < 4.78 is 21.3. The van der Waals surface area contributed by atoms with Crippen LogP contribution in [0.1, 0.15) is 12.5 Å². The predicted octanol–water partition coefficient (Wildman–Crippen LogP) is 1.22. The average molecular weight is 319 g/mol. The first kappa shape index (κ1) is 16.0. The lowest BCUT2D eigenvalue weighted by atomic mass is 10.2. The standard InChI is InChI=1S/C16H22FN5O/c1-2-21-5-6-23-14(10-21)9-18-8-13-3-4-16(15(17)7-13)22-12-19-11-20-22/h3-4,7,11-12,14,18H,2,5-6,8-10H2,1H3. The fraction of sp³-hybridized carbons (Fsp3) is 0.500. The van der Waals surface area contributed by atoms with Gasteiger partial charge in [-0.3, -0.25) is 4.90 Å². The van der Waals surface area contributed by atoms with Gasteiger partial charge in [-0.1, -0.05) is 13.0 Å². The monoisotopic (exact) mass is 319 g/mol. The Morgan fingerprint density at radius 2 is 2.35 bits per heavy atom. The van der Waals surface area contributed by atoms with Crippen LogP contribution in [0.5, 0.6) is 0 Å². The Morgan fingerprint density at radius 3 is 3.09 bits per heavy atom. The molecule has 1 aromatic heterocycles. The highest BCUT2D eigenvalue weighted by Gasteiger charge is 2.18. The zero-order valence-corrected chi connectivity index (χ0v) is 13.3. The first-order valence-electron chi connectivity index (χ1n) is 7.94. The van der Waals surface area contributed by atoms with Crippen molar-refractivity contribution in [1.29, 1.82) is 0 Å². The summed E-state index contributed by atoms with van der Waals surface area (Å²) in [7, 11) is 0. The zero-order valence-electron chi connectivity index (χ0n) is 13.3. The van der Waals surface area contributed by atoms with Gasteiger partial charge in [0.15, 0.2) is 0 Å². The molecule has 0 radical (unpaired) electrons. The summed E-state index contributed by atoms with van der Waals surface area (Å²) >= 11 is 0. The van der Waals surface area contributed by atoms with Gasteiger partial charge >= 0.3 is 0 Å². The van der Waals surface area contributed by atoms with Crippen molar-refractivity contribution < 1.29 is 9.13 Å². The van der Waals surface area contributed by atoms with Crippen LogP contribution in [-0.2, 0) is 11.3 Å². The van der Waals surface area contributed by atoms with E-state index in [9.17, 15) is 4.39 Å². The largest absolute Gasteiger partial charge is 0.374 e. The molecular formula is C16H22FN5O. The lowest BCUT2D eigenvalue weighted by Gasteiger charge is -2.32. The second kappa shape index (κ2) is 7.63. The van der Waals surface area contributed by atoms with Crippen LogP contribution >= 0.6 is 0 Å². The van der Waals surface area contributed by atoms with Crippen molar-refractivity contribution >= 4 is 0 Å². The maximum atomic E-state index is 14.1. The minimum atomic E-state index is -0.305. The topological polar surface area (TPSA) is 55.2 Å². The molecule has 23 heavy (non-hydrogen) atoms. The molecule has 6 nitrogen and oxygen atoms in total. The molecule has 2 aromatic rings. The minimum Gasteiger partial charge on any atom is -0.374 e. The van der Waals surface area contributed by atoms with Gasteiger partial charge in [0, 0.05) is 26.2 Å². The number of rotatable bonds is 6. The third-order valence-corrected chi connectivity index (χ3v) is 4.05. The van der Waals surface area contributed by atoms with Crippen LogP contribution in [0.15, 0.2) is 30.9 Å². The Labute approximate surface area is 135 Å². The fourth-order valence-corrected chi connectivity index (χ4v) is 2.75. The molecule has 0 aliphatic carbocycles. The van der Waals surface area contributed by atoms with Gasteiger partial charge in [0.05, 0.1) is 12.7 Å². The number of morpholine rings is 1. The molecule has 1 saturated heterocycles. The van der Waals surface area contributed by atoms with Crippen molar-refractivity contribution in [2.45, 2.75) is 19.6 Å². The molecule has 1 N–H and O–H groups in total. The zero-order chi connectivity index (χ0) is 16.1. The molecule has 0 saturated carbocycles. The van der Waals surface area contributed by atoms with Crippen molar-refractivity contribution in [3.63, 3.8) is 0 Å². The normalized spacial score (nSPS) is 19.1. The van der Waals surface area contributed by atoms with E-state index < -0.39 is 0 Å². The molecule has 124 valence electrons. The smallest absolute Gasteiger partial charge is 0.149 e. The van der Waals surface area contributed by atoms with Gasteiger partial charge in [-0.05, 0) is 24.2 Å². The van der Waals surface area contributed by atoms with Gasteiger partial charge < -0.3 is 10.1 Å². The SMILES string of the molecule is CCN1CCOC(CNCc2ccc(-n3cncn3)c(F)c2)C1. The van der Waals surface area contributed by atoms with E-state index in [2.05, 4.69) is 27.2 Å². The van der Waals surface area contributed by atoms with E-state index in [4.69, 9.17) is 4.74 Å². The Hall–Kier alpha value is -1.83. The number of nitrogens with zero attached hydrogens (tertiary/aromatic N) is 4. The Balaban J connectivity index is 1.52. The molecular weight excluding hydrogens is 297 g/mol. The number of benzene rings is 1. The van der Waals surface area contributed by atoms with Crippen LogP contribution in [-0.4, -0.2) is 58.6 Å². The number of likely N-dealkylation sites (N-methyl/N-ethyl adjacent to an activating group) is 1. The minimum absolute atomic E-state index is 0.197. The molecule has 0 bridgehead atoms. The average Bonchev–Trinajstić information content (AvgIpc) is 3.09. The number of hydrogen-bond acceptors (Lipinski definition) is 5. The van der Waals surface area contributed by atoms with E-state index in [0.29, 0.717) is 12.2 Å². The summed E-state index contributed by atoms with van der Waals surface area (Å²) in [6.07, 6.45) is 3.07. The Bertz CT molecular complexity index is 619. The molecule has 1 aromatic carbocycles. The summed E-state index contributed by atoms with van der Waals surface area (Å²) in [5.74, 6) is -0.305. The summed E-state index contributed by atoms with van der Waals surface area (Å²) in [6, 6.07) is 5.15. The van der Waals surface area contributed by atoms with Crippen molar-refractivity contribution in [3.8, 4) is 5.69 Å². The second-order valence-electron chi connectivity index (χ2n) is 5.64. The van der Waals surface area contributed by atoms with Crippen molar-refractivity contribution in [2.75, 3.05) is 32.8 Å². The van der Waals surface area contributed by atoms with Crippen molar-refractivity contribution in [2.24, 2.45) is 0 Å². The third-order valence-electron chi connectivity index (χ3n) is 4.05. The molecule has 3 rings (SSSR count). The lowest BCUT2D eigenvalue weighted by Crippen LogP contribution is -2.46. The van der Waals surface area contributed by atoms with Gasteiger partial charge in [-0.15, -0.1) is 0 Å². The van der Waals surface area contributed by atoms with Gasteiger partial charge in [0.2, 0.25) is 0 Å². The summed E-state index contributed by atoms with van der Waals surface area (Å²) in [4.78, 5) is 6.21. The molecule has 1 aliphatic rings. The molecule has 1 atom stereocenters. The number of ether oxygens (including phenoxy) is 1. The molecule has 1 fully saturated rings. The van der Waals surface area contributed by atoms with Crippen LogP contribution in [0, 0.1) is 5.82 Å². The quantitative estimate of drug-likeness (QED) is 0.867. The first-order valence-corrected chi connectivity index (χ1v) is 7.94. The maximum Gasteiger partial charge on any atom is 0.149 e. The highest BCUT2D eigenvalue weighted by atomic mass is 19.1. The van der Waals surface area contributed by atoms with Crippen molar-refractivity contribution in [1.82, 2.24) is 25.0 Å². The van der Waals surface area contributed by atoms with E-state index in [1.807, 2.05) is 6.07 Å². The number of nitrogens with one attached hydrogen (secondary N) is 1. The highest BCUT2D eigenvalue weighted by molar-refractivity contribution is 5.35. The van der Waals surface area contributed by atoms with Crippen LogP contribution in [0.2, 0.25) is 0 Å². The van der Waals surface area contributed by atoms with Crippen molar-refractivity contribution in [3.05, 3.63) is 42.2 Å². The number of halogens is 1. The molecule has 2 heterocycles. The molecule has 1 unspecified atom stereocenters. The van der Waals surface area contributed by atoms with E-state index in [0.717, 1.165) is 38.3 Å². The Morgan fingerprint density at radius 1 is 1.43 bits per heavy atom. The van der Waals surface area contributed by atoms with Gasteiger partial charge in [-0.2, -0.15) is 5.10 Å². The lowest BCUT2D eigenvalue weighted by molar-refractivity contribution is -0.0253. The van der Waals surface area contributed by atoms with Gasteiger partial charge in [0.25, 0.3) is 0 Å². The first-order chi connectivity index (χ1) is 11.3. The van der Waals surface area contributed by atoms with E-state index in [-0.39, 0.29) is 11.9 Å². The summed E-state index contributed by atoms with van der Waals surface area (Å²) in [6.45, 7) is 7.32. The van der Waals surface area contributed by atoms with Crippen LogP contribution in [0.4, 0.5) is 4.39 Å². The maximum absolute atomic E-state index is 14.1. The summed E-state index contributed by atoms with van der Waals surface area (Å²) in [5, 5.41) is 7.29. The molecule has 0 amide bonds. The third kappa shape index (κ3) is 4.13.